The third kappa shape index (κ3) is 5.63. The first-order chi connectivity index (χ1) is 13.1. The molecule has 156 valence electrons. The lowest BCUT2D eigenvalue weighted by molar-refractivity contribution is -0.117. The topological polar surface area (TPSA) is 35.9 Å². The van der Waals surface area contributed by atoms with Crippen LogP contribution in [0.1, 0.15) is 58.8 Å². The van der Waals surface area contributed by atoms with Crippen molar-refractivity contribution in [1.29, 1.82) is 0 Å². The van der Waals surface area contributed by atoms with Crippen molar-refractivity contribution in [3.8, 4) is 0 Å². The number of thioether (sulfide) groups is 1. The first-order valence-electron chi connectivity index (χ1n) is 10.1. The van der Waals surface area contributed by atoms with Crippen LogP contribution in [-0.4, -0.2) is 40.5 Å². The predicted molar refractivity (Wildman–Crippen MR) is 119 cm³/mol. The monoisotopic (exact) mass is 427 g/mol. The summed E-state index contributed by atoms with van der Waals surface area (Å²) in [7, 11) is 0. The van der Waals surface area contributed by atoms with Gasteiger partial charge in [-0.05, 0) is 43.5 Å². The highest BCUT2D eigenvalue weighted by Crippen LogP contribution is 2.32. The number of hydrogen-bond acceptors (Lipinski definition) is 3. The summed E-state index contributed by atoms with van der Waals surface area (Å²) in [4.78, 5) is 21.7. The van der Waals surface area contributed by atoms with Gasteiger partial charge in [0.25, 0.3) is 0 Å². The molecule has 1 heterocycles. The molecule has 1 unspecified atom stereocenters. The van der Waals surface area contributed by atoms with Gasteiger partial charge in [-0.25, -0.2) is 4.39 Å². The number of nitrogens with zero attached hydrogens (tertiary/aromatic N) is 3. The van der Waals surface area contributed by atoms with Crippen molar-refractivity contribution in [1.82, 2.24) is 4.90 Å². The van der Waals surface area contributed by atoms with Crippen LogP contribution in [0.5, 0.6) is 0 Å². The van der Waals surface area contributed by atoms with E-state index in [-0.39, 0.29) is 30.3 Å². The van der Waals surface area contributed by atoms with E-state index < -0.39 is 0 Å². The highest BCUT2D eigenvalue weighted by Gasteiger charge is 2.36. The number of amidine groups is 1. The molecule has 0 aromatic heterocycles. The standard InChI is InChI=1S/C21H30FN3OS.ClH/c1-3-4-14-24-20(15-27-21(24)23-18-8-6-5-7-9-18)25(16(2)26)19-12-10-17(22)11-13-19;/h10-13,18,20H,3-9,14-15H2,1-2H3;1H. The summed E-state index contributed by atoms with van der Waals surface area (Å²) in [6, 6.07) is 6.63. The van der Waals surface area contributed by atoms with Crippen molar-refractivity contribution in [3.05, 3.63) is 30.1 Å². The van der Waals surface area contributed by atoms with Crippen LogP contribution in [0.25, 0.3) is 0 Å². The van der Waals surface area contributed by atoms with Gasteiger partial charge < -0.3 is 4.90 Å². The minimum Gasteiger partial charge on any atom is -0.330 e. The maximum atomic E-state index is 13.4. The molecule has 2 fully saturated rings. The zero-order chi connectivity index (χ0) is 19.2. The van der Waals surface area contributed by atoms with Crippen LogP contribution in [0.2, 0.25) is 0 Å². The van der Waals surface area contributed by atoms with E-state index in [0.717, 1.165) is 36.0 Å². The minimum atomic E-state index is -0.287. The van der Waals surface area contributed by atoms with Crippen molar-refractivity contribution < 1.29 is 9.18 Å². The number of benzene rings is 1. The lowest BCUT2D eigenvalue weighted by Crippen LogP contribution is -2.50. The summed E-state index contributed by atoms with van der Waals surface area (Å²) in [6.45, 7) is 4.66. The van der Waals surface area contributed by atoms with E-state index in [1.54, 1.807) is 35.7 Å². The Labute approximate surface area is 178 Å². The Hall–Kier alpha value is -1.27. The number of amides is 1. The lowest BCUT2D eigenvalue weighted by atomic mass is 9.96. The molecule has 0 spiro atoms. The Kier molecular flexibility index (Phi) is 9.09. The van der Waals surface area contributed by atoms with Crippen molar-refractivity contribution in [2.75, 3.05) is 17.2 Å². The first kappa shape index (κ1) is 23.0. The third-order valence-electron chi connectivity index (χ3n) is 5.33. The molecule has 2 aliphatic rings. The Morgan fingerprint density at radius 2 is 1.93 bits per heavy atom. The maximum absolute atomic E-state index is 13.4. The van der Waals surface area contributed by atoms with Crippen molar-refractivity contribution in [2.24, 2.45) is 4.99 Å². The zero-order valence-corrected chi connectivity index (χ0v) is 18.4. The van der Waals surface area contributed by atoms with E-state index >= 15 is 0 Å². The highest BCUT2D eigenvalue weighted by atomic mass is 35.5. The van der Waals surface area contributed by atoms with Gasteiger partial charge in [0, 0.05) is 24.9 Å². The zero-order valence-electron chi connectivity index (χ0n) is 16.8. The maximum Gasteiger partial charge on any atom is 0.225 e. The lowest BCUT2D eigenvalue weighted by Gasteiger charge is -2.35. The van der Waals surface area contributed by atoms with Crippen LogP contribution in [-0.2, 0) is 4.79 Å². The van der Waals surface area contributed by atoms with Crippen molar-refractivity contribution >= 4 is 40.9 Å². The Bertz CT molecular complexity index is 664. The van der Waals surface area contributed by atoms with E-state index in [0.29, 0.717) is 6.04 Å². The second-order valence-electron chi connectivity index (χ2n) is 7.41. The molecule has 1 aromatic rings. The van der Waals surface area contributed by atoms with E-state index in [2.05, 4.69) is 11.8 Å². The Balaban J connectivity index is 0.00000280. The molecule has 0 radical (unpaired) electrons. The Morgan fingerprint density at radius 1 is 1.25 bits per heavy atom. The van der Waals surface area contributed by atoms with Gasteiger partial charge in [0.1, 0.15) is 12.0 Å². The number of hydrogen-bond donors (Lipinski definition) is 0. The largest absolute Gasteiger partial charge is 0.330 e. The summed E-state index contributed by atoms with van der Waals surface area (Å²) in [6.07, 6.45) is 8.29. The number of carbonyl (C=O) groups excluding carboxylic acids is 1. The van der Waals surface area contributed by atoms with Crippen LogP contribution >= 0.6 is 24.2 Å². The van der Waals surface area contributed by atoms with E-state index in [1.165, 1.54) is 44.2 Å². The van der Waals surface area contributed by atoms with E-state index in [9.17, 15) is 9.18 Å². The van der Waals surface area contributed by atoms with Gasteiger partial charge in [0.05, 0.1) is 6.04 Å². The molecule has 1 saturated carbocycles. The molecule has 28 heavy (non-hydrogen) atoms. The molecule has 1 aliphatic heterocycles. The molecular weight excluding hydrogens is 397 g/mol. The molecule has 0 N–H and O–H groups in total. The molecule has 4 nitrogen and oxygen atoms in total. The second-order valence-corrected chi connectivity index (χ2v) is 8.39. The fraction of sp³-hybridized carbons (Fsp3) is 0.619. The van der Waals surface area contributed by atoms with Gasteiger partial charge in [-0.2, -0.15) is 0 Å². The fourth-order valence-corrected chi connectivity index (χ4v) is 5.11. The average molecular weight is 428 g/mol. The molecule has 1 amide bonds. The number of carbonyl (C=O) groups is 1. The van der Waals surface area contributed by atoms with Gasteiger partial charge in [-0.1, -0.05) is 44.4 Å². The van der Waals surface area contributed by atoms with Crippen LogP contribution in [0.4, 0.5) is 10.1 Å². The second kappa shape index (κ2) is 11.1. The van der Waals surface area contributed by atoms with E-state index in [1.807, 2.05) is 0 Å². The molecular formula is C21H31ClFN3OS. The first-order valence-corrected chi connectivity index (χ1v) is 11.1. The highest BCUT2D eigenvalue weighted by molar-refractivity contribution is 8.14. The van der Waals surface area contributed by atoms with Crippen LogP contribution in [0.3, 0.4) is 0 Å². The van der Waals surface area contributed by atoms with Gasteiger partial charge in [0.15, 0.2) is 5.17 Å². The van der Waals surface area contributed by atoms with Crippen molar-refractivity contribution in [3.63, 3.8) is 0 Å². The fourth-order valence-electron chi connectivity index (χ4n) is 3.88. The quantitative estimate of drug-likeness (QED) is 0.604. The SMILES string of the molecule is CCCCN1C(=NC2CCCCC2)SCC1N(C(C)=O)c1ccc(F)cc1.Cl. The number of halogens is 2. The molecule has 1 aliphatic carbocycles. The van der Waals surface area contributed by atoms with Gasteiger partial charge in [0.2, 0.25) is 5.91 Å². The number of anilines is 1. The van der Waals surface area contributed by atoms with Crippen LogP contribution in [0, 0.1) is 5.82 Å². The molecule has 0 bridgehead atoms. The molecule has 1 saturated heterocycles. The minimum absolute atomic E-state index is 0. The van der Waals surface area contributed by atoms with Gasteiger partial charge in [-0.3, -0.25) is 14.7 Å². The van der Waals surface area contributed by atoms with Crippen molar-refractivity contribution in [2.45, 2.75) is 71.0 Å². The van der Waals surface area contributed by atoms with Crippen LogP contribution < -0.4 is 4.90 Å². The summed E-state index contributed by atoms with van der Waals surface area (Å²) in [5.41, 5.74) is 0.745. The number of rotatable bonds is 6. The molecule has 3 rings (SSSR count). The van der Waals surface area contributed by atoms with Crippen LogP contribution in [0.15, 0.2) is 29.3 Å². The van der Waals surface area contributed by atoms with Gasteiger partial charge >= 0.3 is 0 Å². The van der Waals surface area contributed by atoms with E-state index in [4.69, 9.17) is 4.99 Å². The Morgan fingerprint density at radius 3 is 2.54 bits per heavy atom. The number of unbranched alkanes of at least 4 members (excludes halogenated alkanes) is 1. The average Bonchev–Trinajstić information content (AvgIpc) is 3.04. The normalized spacial score (nSPS) is 21.6. The molecule has 1 aromatic carbocycles. The summed E-state index contributed by atoms with van der Waals surface area (Å²) < 4.78 is 13.4. The molecule has 1 atom stereocenters. The summed E-state index contributed by atoms with van der Waals surface area (Å²) >= 11 is 1.75. The smallest absolute Gasteiger partial charge is 0.225 e. The molecule has 7 heteroatoms. The van der Waals surface area contributed by atoms with Gasteiger partial charge in [-0.15, -0.1) is 12.4 Å². The number of aliphatic imine (C=N–C) groups is 1. The summed E-state index contributed by atoms with van der Waals surface area (Å²) in [5, 5.41) is 1.08. The third-order valence-corrected chi connectivity index (χ3v) is 6.39. The predicted octanol–water partition coefficient (Wildman–Crippen LogP) is 5.46. The summed E-state index contributed by atoms with van der Waals surface area (Å²) in [5.74, 6) is 0.490.